The molecule has 0 fully saturated rings. The Bertz CT molecular complexity index is 3190. The molecule has 8 rings (SSSR count). The summed E-state index contributed by atoms with van der Waals surface area (Å²) in [4.78, 5) is 45.8. The summed E-state index contributed by atoms with van der Waals surface area (Å²) in [6.45, 7) is 10.8. The molecule has 360 valence electrons. The summed E-state index contributed by atoms with van der Waals surface area (Å²) in [5, 5.41) is -1.82. The van der Waals surface area contributed by atoms with E-state index in [1.807, 2.05) is 0 Å². The van der Waals surface area contributed by atoms with Crippen LogP contribution in [0.4, 0.5) is 39.5 Å². The fourth-order valence-electron chi connectivity index (χ4n) is 9.73. The molecule has 0 saturated heterocycles. The van der Waals surface area contributed by atoms with Gasteiger partial charge in [-0.1, -0.05) is 30.3 Å². The molecular formula is C52H43F9N2O6. The Balaban J connectivity index is 1.11. The molecule has 0 bridgehead atoms. The first-order chi connectivity index (χ1) is 32.4. The minimum atomic E-state index is -5.18. The number of benzene rings is 6. The molecule has 8 nitrogen and oxygen atoms in total. The van der Waals surface area contributed by atoms with Gasteiger partial charge in [-0.2, -0.15) is 39.5 Å². The van der Waals surface area contributed by atoms with Gasteiger partial charge < -0.3 is 24.2 Å². The number of fused-ring (bicyclic) bond motifs is 2. The number of hydrogen-bond donors (Lipinski definition) is 2. The van der Waals surface area contributed by atoms with Crippen LogP contribution in [0.15, 0.2) is 72.8 Å². The van der Waals surface area contributed by atoms with Crippen LogP contribution in [0.2, 0.25) is 0 Å². The van der Waals surface area contributed by atoms with Gasteiger partial charge in [-0.05, 0) is 157 Å². The van der Waals surface area contributed by atoms with Crippen LogP contribution in [0.5, 0.6) is 5.75 Å². The number of aromatic nitrogens is 2. The minimum absolute atomic E-state index is 0.00687. The summed E-state index contributed by atoms with van der Waals surface area (Å²) < 4.78 is 146. The van der Waals surface area contributed by atoms with Crippen LogP contribution in [0.25, 0.3) is 43.1 Å². The van der Waals surface area contributed by atoms with Crippen molar-refractivity contribution in [3.05, 3.63) is 146 Å². The van der Waals surface area contributed by atoms with Crippen molar-refractivity contribution in [2.24, 2.45) is 0 Å². The largest absolute Gasteiger partial charge is 0.462 e. The van der Waals surface area contributed by atoms with Crippen LogP contribution in [0, 0.1) is 27.7 Å². The SMILES string of the molecule is CCOC(=O)c1cc(C(c2cc(C(=O)OCC)c(C)[nH]2)c2c(C)cc(OC(=O)CCCc3ccc4c5ccc(C(F)(F)F)c6c(C(F)(F)F)ccc(c7ccc(C(F)(F)F)c3c47)c65)cc2C)[nH]c1C. The van der Waals surface area contributed by atoms with E-state index in [4.69, 9.17) is 14.2 Å². The number of carbonyl (C=O) groups is 3. The van der Waals surface area contributed by atoms with Crippen molar-refractivity contribution >= 4 is 61.0 Å². The van der Waals surface area contributed by atoms with E-state index in [2.05, 4.69) is 9.97 Å². The van der Waals surface area contributed by atoms with Crippen molar-refractivity contribution in [2.75, 3.05) is 13.2 Å². The molecule has 2 heterocycles. The minimum Gasteiger partial charge on any atom is -0.462 e. The van der Waals surface area contributed by atoms with Gasteiger partial charge in [0.15, 0.2) is 0 Å². The molecule has 69 heavy (non-hydrogen) atoms. The van der Waals surface area contributed by atoms with Crippen molar-refractivity contribution in [2.45, 2.75) is 85.3 Å². The van der Waals surface area contributed by atoms with E-state index in [0.717, 1.165) is 29.8 Å². The molecule has 2 N–H and O–H groups in total. The highest BCUT2D eigenvalue weighted by molar-refractivity contribution is 6.34. The molecule has 0 aliphatic rings. The summed E-state index contributed by atoms with van der Waals surface area (Å²) in [5.74, 6) is -2.16. The average molecular weight is 963 g/mol. The van der Waals surface area contributed by atoms with E-state index >= 15 is 0 Å². The molecule has 6 aromatic carbocycles. The quantitative estimate of drug-likeness (QED) is 0.0415. The van der Waals surface area contributed by atoms with Crippen molar-refractivity contribution in [1.29, 1.82) is 0 Å². The highest BCUT2D eigenvalue weighted by Gasteiger charge is 2.41. The van der Waals surface area contributed by atoms with Crippen LogP contribution >= 0.6 is 0 Å². The maximum atomic E-state index is 14.8. The lowest BCUT2D eigenvalue weighted by atomic mass is 9.83. The summed E-state index contributed by atoms with van der Waals surface area (Å²) >= 11 is 0. The lowest BCUT2D eigenvalue weighted by molar-refractivity contribution is -0.140. The third-order valence-corrected chi connectivity index (χ3v) is 12.5. The zero-order chi connectivity index (χ0) is 50.1. The Hall–Kier alpha value is -7.04. The molecule has 0 radical (unpaired) electrons. The highest BCUT2D eigenvalue weighted by Crippen LogP contribution is 2.50. The number of hydrogen-bond acceptors (Lipinski definition) is 6. The predicted molar refractivity (Wildman–Crippen MR) is 241 cm³/mol. The number of ether oxygens (including phenoxy) is 3. The van der Waals surface area contributed by atoms with E-state index in [1.165, 1.54) is 12.1 Å². The number of aromatic amines is 2. The molecule has 0 unspecified atom stereocenters. The summed E-state index contributed by atoms with van der Waals surface area (Å²) in [7, 11) is 0. The molecule has 0 saturated carbocycles. The Morgan fingerprint density at radius 3 is 1.38 bits per heavy atom. The number of H-pyrrole nitrogens is 2. The van der Waals surface area contributed by atoms with Gasteiger partial charge in [0.1, 0.15) is 5.75 Å². The zero-order valence-electron chi connectivity index (χ0n) is 37.9. The van der Waals surface area contributed by atoms with E-state index in [-0.39, 0.29) is 81.5 Å². The van der Waals surface area contributed by atoms with Crippen LogP contribution in [0.3, 0.4) is 0 Å². The molecule has 0 atom stereocenters. The van der Waals surface area contributed by atoms with Gasteiger partial charge in [0.2, 0.25) is 0 Å². The van der Waals surface area contributed by atoms with Crippen LogP contribution in [0.1, 0.15) is 115 Å². The number of carbonyl (C=O) groups excluding carboxylic acids is 3. The normalized spacial score (nSPS) is 12.6. The maximum Gasteiger partial charge on any atom is 0.417 e. The fraction of sp³-hybridized carbons (Fsp3) is 0.288. The van der Waals surface area contributed by atoms with E-state index in [1.54, 1.807) is 65.8 Å². The average Bonchev–Trinajstić information content (AvgIpc) is 3.84. The lowest BCUT2D eigenvalue weighted by Crippen LogP contribution is -2.13. The number of aryl methyl sites for hydroxylation is 5. The number of alkyl halides is 9. The van der Waals surface area contributed by atoms with Crippen molar-refractivity contribution in [3.8, 4) is 5.75 Å². The van der Waals surface area contributed by atoms with E-state index < -0.39 is 64.4 Å². The topological polar surface area (TPSA) is 110 Å². The Kier molecular flexibility index (Phi) is 12.5. The van der Waals surface area contributed by atoms with Gasteiger partial charge in [-0.15, -0.1) is 0 Å². The Morgan fingerprint density at radius 1 is 0.551 bits per heavy atom. The van der Waals surface area contributed by atoms with Crippen LogP contribution in [-0.2, 0) is 39.2 Å². The smallest absolute Gasteiger partial charge is 0.417 e. The fourth-order valence-corrected chi connectivity index (χ4v) is 9.73. The molecule has 2 aromatic heterocycles. The van der Waals surface area contributed by atoms with Gasteiger partial charge in [0, 0.05) is 34.6 Å². The first-order valence-corrected chi connectivity index (χ1v) is 21.9. The summed E-state index contributed by atoms with van der Waals surface area (Å²) in [5.41, 5.74) is 1.11. The number of nitrogens with one attached hydrogen (secondary N) is 2. The molecule has 0 aliphatic carbocycles. The molecule has 17 heteroatoms. The van der Waals surface area contributed by atoms with Crippen LogP contribution in [-0.4, -0.2) is 41.1 Å². The van der Waals surface area contributed by atoms with Gasteiger partial charge in [0.05, 0.1) is 46.9 Å². The highest BCUT2D eigenvalue weighted by atomic mass is 19.4. The molecule has 8 aromatic rings. The standard InChI is InChI=1S/C52H43F9N2O6/c1-7-67-48(65)34-22-39(62-26(34)5)47(40-23-35(27(6)63-40)49(66)68-8-2)42-24(3)20-29(21-25(42)4)69-41(64)11-9-10-28-12-13-30-32-15-18-37(51(56,57)58)46-38(52(59,60)61)19-16-33(45(32)46)31-14-17-36(50(53,54)55)43(28)44(30)31/h12-23,47,62-63H,7-11H2,1-6H3. The summed E-state index contributed by atoms with van der Waals surface area (Å²) in [6, 6.07) is 14.3. The van der Waals surface area contributed by atoms with Gasteiger partial charge >= 0.3 is 36.4 Å². The maximum absolute atomic E-state index is 14.8. The van der Waals surface area contributed by atoms with E-state index in [9.17, 15) is 53.9 Å². The number of rotatable bonds is 12. The first-order valence-electron chi connectivity index (χ1n) is 21.9. The third kappa shape index (κ3) is 8.83. The third-order valence-electron chi connectivity index (χ3n) is 12.5. The van der Waals surface area contributed by atoms with Crippen molar-refractivity contribution in [3.63, 3.8) is 0 Å². The Labute approximate surface area is 388 Å². The first kappa shape index (κ1) is 48.4. The van der Waals surface area contributed by atoms with E-state index in [0.29, 0.717) is 57.2 Å². The lowest BCUT2D eigenvalue weighted by Gasteiger charge is -2.23. The zero-order valence-corrected chi connectivity index (χ0v) is 37.9. The molecule has 0 spiro atoms. The van der Waals surface area contributed by atoms with Gasteiger partial charge in [-0.25, -0.2) is 9.59 Å². The second kappa shape index (κ2) is 17.8. The number of esters is 3. The molecule has 0 aliphatic heterocycles. The second-order valence-electron chi connectivity index (χ2n) is 16.9. The molecule has 0 amide bonds. The predicted octanol–water partition coefficient (Wildman–Crippen LogP) is 14.1. The summed E-state index contributed by atoms with van der Waals surface area (Å²) in [6.07, 6.45) is -15.6. The number of halogens is 9. The van der Waals surface area contributed by atoms with Gasteiger partial charge in [-0.3, -0.25) is 4.79 Å². The monoisotopic (exact) mass is 962 g/mol. The van der Waals surface area contributed by atoms with Crippen molar-refractivity contribution < 1.29 is 68.1 Å². The van der Waals surface area contributed by atoms with Gasteiger partial charge in [0.25, 0.3) is 0 Å². The Morgan fingerprint density at radius 2 is 0.957 bits per heavy atom. The second-order valence-corrected chi connectivity index (χ2v) is 16.9. The molecular weight excluding hydrogens is 920 g/mol. The van der Waals surface area contributed by atoms with Crippen LogP contribution < -0.4 is 4.74 Å². The van der Waals surface area contributed by atoms with Crippen molar-refractivity contribution in [1.82, 2.24) is 9.97 Å².